The monoisotopic (exact) mass is 179 g/mol. The summed E-state index contributed by atoms with van der Waals surface area (Å²) in [4.78, 5) is 14.2. The lowest BCUT2D eigenvalue weighted by Gasteiger charge is -2.01. The number of nitrogen functional groups attached to an aromatic ring is 1. The highest BCUT2D eigenvalue weighted by Crippen LogP contribution is 2.44. The van der Waals surface area contributed by atoms with Crippen LogP contribution in [0.25, 0.3) is 0 Å². The van der Waals surface area contributed by atoms with Crippen molar-refractivity contribution in [2.45, 2.75) is 18.8 Å². The molecule has 0 radical (unpaired) electrons. The molecule has 1 heterocycles. The molecular weight excluding hydrogens is 170 g/mol. The second-order valence-corrected chi connectivity index (χ2v) is 3.17. The number of hydrogen-bond acceptors (Lipinski definition) is 4. The fourth-order valence-corrected chi connectivity index (χ4v) is 1.34. The first-order valence-corrected chi connectivity index (χ1v) is 4.09. The fraction of sp³-hybridized carbons (Fsp3) is 0.375. The van der Waals surface area contributed by atoms with Gasteiger partial charge in [0.2, 0.25) is 0 Å². The molecule has 5 nitrogen and oxygen atoms in total. The normalized spacial score (nSPS) is 15.7. The van der Waals surface area contributed by atoms with E-state index < -0.39 is 4.92 Å². The minimum atomic E-state index is -0.448. The Balaban J connectivity index is 2.53. The second-order valence-electron chi connectivity index (χ2n) is 3.17. The molecule has 0 spiro atoms. The molecule has 0 unspecified atom stereocenters. The highest BCUT2D eigenvalue weighted by Gasteiger charge is 2.33. The van der Waals surface area contributed by atoms with Crippen molar-refractivity contribution in [3.05, 3.63) is 28.1 Å². The van der Waals surface area contributed by atoms with E-state index in [9.17, 15) is 10.1 Å². The molecule has 1 aromatic heterocycles. The zero-order chi connectivity index (χ0) is 9.42. The van der Waals surface area contributed by atoms with Gasteiger partial charge < -0.3 is 5.73 Å². The summed E-state index contributed by atoms with van der Waals surface area (Å²) in [7, 11) is 0. The molecule has 13 heavy (non-hydrogen) atoms. The number of rotatable bonds is 2. The van der Waals surface area contributed by atoms with Crippen molar-refractivity contribution in [3.63, 3.8) is 0 Å². The number of nitrogens with two attached hydrogens (primary N) is 1. The predicted octanol–water partition coefficient (Wildman–Crippen LogP) is 1.45. The van der Waals surface area contributed by atoms with Crippen LogP contribution in [0.2, 0.25) is 0 Å². The third-order valence-corrected chi connectivity index (χ3v) is 2.13. The van der Waals surface area contributed by atoms with Crippen molar-refractivity contribution >= 4 is 11.4 Å². The standard InChI is InChI=1S/C8H9N3O2/c9-6-3-4-10-7(5-1-2-5)8(6)11(12)13/h3-5H,1-2H2,(H2,9,10). The third-order valence-electron chi connectivity index (χ3n) is 2.13. The van der Waals surface area contributed by atoms with Gasteiger partial charge in [-0.15, -0.1) is 0 Å². The Morgan fingerprint density at radius 1 is 1.62 bits per heavy atom. The van der Waals surface area contributed by atoms with Crippen LogP contribution < -0.4 is 5.73 Å². The molecule has 0 atom stereocenters. The zero-order valence-corrected chi connectivity index (χ0v) is 6.93. The molecule has 1 aromatic rings. The van der Waals surface area contributed by atoms with Gasteiger partial charge in [-0.05, 0) is 18.9 Å². The Kier molecular flexibility index (Phi) is 1.65. The molecule has 68 valence electrons. The SMILES string of the molecule is Nc1ccnc(C2CC2)c1[N+](=O)[O-]. The van der Waals surface area contributed by atoms with E-state index in [-0.39, 0.29) is 17.3 Å². The maximum atomic E-state index is 10.7. The molecule has 1 aliphatic carbocycles. The largest absolute Gasteiger partial charge is 0.393 e. The summed E-state index contributed by atoms with van der Waals surface area (Å²) in [6.45, 7) is 0. The molecule has 1 aliphatic rings. The van der Waals surface area contributed by atoms with Gasteiger partial charge in [0.15, 0.2) is 0 Å². The average Bonchev–Trinajstić information content (AvgIpc) is 2.85. The third kappa shape index (κ3) is 1.32. The van der Waals surface area contributed by atoms with Crippen molar-refractivity contribution in [1.82, 2.24) is 4.98 Å². The Hall–Kier alpha value is -1.65. The molecule has 0 aliphatic heterocycles. The molecule has 1 saturated carbocycles. The van der Waals surface area contributed by atoms with Crippen LogP contribution in [0.1, 0.15) is 24.5 Å². The Morgan fingerprint density at radius 2 is 2.31 bits per heavy atom. The Morgan fingerprint density at radius 3 is 2.85 bits per heavy atom. The Bertz CT molecular complexity index is 360. The van der Waals surface area contributed by atoms with Crippen LogP contribution >= 0.6 is 0 Å². The molecule has 1 fully saturated rings. The lowest BCUT2D eigenvalue weighted by Crippen LogP contribution is -2.01. The highest BCUT2D eigenvalue weighted by atomic mass is 16.6. The average molecular weight is 179 g/mol. The van der Waals surface area contributed by atoms with Crippen molar-refractivity contribution in [3.8, 4) is 0 Å². The van der Waals surface area contributed by atoms with E-state index in [4.69, 9.17) is 5.73 Å². The molecule has 2 rings (SSSR count). The van der Waals surface area contributed by atoms with Crippen molar-refractivity contribution in [1.29, 1.82) is 0 Å². The number of pyridine rings is 1. The molecular formula is C8H9N3O2. The lowest BCUT2D eigenvalue weighted by atomic mass is 10.2. The van der Waals surface area contributed by atoms with Gasteiger partial charge in [0, 0.05) is 12.1 Å². The maximum Gasteiger partial charge on any atom is 0.313 e. The van der Waals surface area contributed by atoms with Crippen LogP contribution in [0, 0.1) is 10.1 Å². The summed E-state index contributed by atoms with van der Waals surface area (Å²) in [5.74, 6) is 0.254. The van der Waals surface area contributed by atoms with Crippen LogP contribution in [0.4, 0.5) is 11.4 Å². The quantitative estimate of drug-likeness (QED) is 0.550. The molecule has 0 bridgehead atoms. The van der Waals surface area contributed by atoms with Gasteiger partial charge in [-0.2, -0.15) is 0 Å². The van der Waals surface area contributed by atoms with Crippen molar-refractivity contribution < 1.29 is 4.92 Å². The molecule has 0 aromatic carbocycles. The summed E-state index contributed by atoms with van der Waals surface area (Å²) < 4.78 is 0. The highest BCUT2D eigenvalue weighted by molar-refractivity contribution is 5.61. The predicted molar refractivity (Wildman–Crippen MR) is 47.3 cm³/mol. The van der Waals surface area contributed by atoms with Gasteiger partial charge in [-0.25, -0.2) is 0 Å². The summed E-state index contributed by atoms with van der Waals surface area (Å²) >= 11 is 0. The molecule has 2 N–H and O–H groups in total. The van der Waals surface area contributed by atoms with E-state index >= 15 is 0 Å². The molecule has 0 amide bonds. The van der Waals surface area contributed by atoms with Crippen molar-refractivity contribution in [2.24, 2.45) is 0 Å². The summed E-state index contributed by atoms with van der Waals surface area (Å²) in [5.41, 5.74) is 6.25. The van der Waals surface area contributed by atoms with E-state index in [1.165, 1.54) is 12.3 Å². The Labute approximate surface area is 74.7 Å². The lowest BCUT2D eigenvalue weighted by molar-refractivity contribution is -0.385. The summed E-state index contributed by atoms with van der Waals surface area (Å²) in [6, 6.07) is 1.46. The van der Waals surface area contributed by atoms with Crippen molar-refractivity contribution in [2.75, 3.05) is 5.73 Å². The number of hydrogen-bond donors (Lipinski definition) is 1. The number of aromatic nitrogens is 1. The maximum absolute atomic E-state index is 10.7. The zero-order valence-electron chi connectivity index (χ0n) is 6.93. The topological polar surface area (TPSA) is 82.0 Å². The smallest absolute Gasteiger partial charge is 0.313 e. The molecule has 5 heteroatoms. The first-order valence-electron chi connectivity index (χ1n) is 4.09. The minimum Gasteiger partial charge on any atom is -0.393 e. The van der Waals surface area contributed by atoms with E-state index in [0.717, 1.165) is 12.8 Å². The van der Waals surface area contributed by atoms with Crippen LogP contribution in [-0.2, 0) is 0 Å². The van der Waals surface area contributed by atoms with Gasteiger partial charge in [0.1, 0.15) is 11.4 Å². The number of nitro groups is 1. The first kappa shape index (κ1) is 7.97. The van der Waals surface area contributed by atoms with E-state index in [0.29, 0.717) is 5.69 Å². The van der Waals surface area contributed by atoms with E-state index in [1.54, 1.807) is 0 Å². The van der Waals surface area contributed by atoms with Crippen LogP contribution in [0.15, 0.2) is 12.3 Å². The van der Waals surface area contributed by atoms with Gasteiger partial charge in [0.05, 0.1) is 4.92 Å². The molecule has 0 saturated heterocycles. The van der Waals surface area contributed by atoms with Gasteiger partial charge in [0.25, 0.3) is 0 Å². The minimum absolute atomic E-state index is 0.00926. The first-order chi connectivity index (χ1) is 6.20. The fourth-order valence-electron chi connectivity index (χ4n) is 1.34. The number of nitrogens with zero attached hydrogens (tertiary/aromatic N) is 2. The van der Waals surface area contributed by atoms with E-state index in [1.807, 2.05) is 0 Å². The van der Waals surface area contributed by atoms with Crippen LogP contribution in [-0.4, -0.2) is 9.91 Å². The van der Waals surface area contributed by atoms with Crippen LogP contribution in [0.3, 0.4) is 0 Å². The van der Waals surface area contributed by atoms with Gasteiger partial charge in [-0.3, -0.25) is 15.1 Å². The van der Waals surface area contributed by atoms with Gasteiger partial charge in [-0.1, -0.05) is 0 Å². The summed E-state index contributed by atoms with van der Waals surface area (Å²) in [6.07, 6.45) is 3.49. The van der Waals surface area contributed by atoms with Crippen LogP contribution in [0.5, 0.6) is 0 Å². The second kappa shape index (κ2) is 2.69. The van der Waals surface area contributed by atoms with E-state index in [2.05, 4.69) is 4.98 Å². The number of anilines is 1. The summed E-state index contributed by atoms with van der Waals surface area (Å²) in [5, 5.41) is 10.7. The van der Waals surface area contributed by atoms with Gasteiger partial charge >= 0.3 is 5.69 Å².